The number of hydrogen-bond donors (Lipinski definition) is 1. The lowest BCUT2D eigenvalue weighted by Crippen LogP contribution is -2.52. The molecule has 6 aliphatic rings. The van der Waals surface area contributed by atoms with Crippen molar-refractivity contribution in [1.82, 2.24) is 14.8 Å². The normalized spacial score (nSPS) is 35.7. The number of thiazole rings is 1. The molecule has 0 spiro atoms. The highest BCUT2D eigenvalue weighted by molar-refractivity contribution is 7.15. The molecule has 1 saturated heterocycles. The highest BCUT2D eigenvalue weighted by Gasteiger charge is 2.51. The molecule has 1 aromatic rings. The lowest BCUT2D eigenvalue weighted by molar-refractivity contribution is -0.150. The summed E-state index contributed by atoms with van der Waals surface area (Å²) >= 11 is 1.51. The molecule has 1 N–H and O–H groups in total. The molecule has 8 heteroatoms. The minimum Gasteiger partial charge on any atom is -0.337 e. The summed E-state index contributed by atoms with van der Waals surface area (Å²) in [5.74, 6) is 3.40. The maximum Gasteiger partial charge on any atom is 0.231 e. The van der Waals surface area contributed by atoms with Gasteiger partial charge in [0, 0.05) is 36.9 Å². The van der Waals surface area contributed by atoms with Crippen molar-refractivity contribution in [3.63, 3.8) is 0 Å². The van der Waals surface area contributed by atoms with Crippen LogP contribution in [0.3, 0.4) is 0 Å². The van der Waals surface area contributed by atoms with Gasteiger partial charge in [0.15, 0.2) is 11.3 Å². The third-order valence-electron chi connectivity index (χ3n) is 8.49. The number of likely N-dealkylation sites (tertiary alicyclic amines) is 1. The van der Waals surface area contributed by atoms with E-state index in [1.54, 1.807) is 4.90 Å². The predicted molar refractivity (Wildman–Crippen MR) is 116 cm³/mol. The van der Waals surface area contributed by atoms with Crippen LogP contribution in [0.25, 0.3) is 0 Å². The van der Waals surface area contributed by atoms with Crippen LogP contribution in [0.1, 0.15) is 49.1 Å². The van der Waals surface area contributed by atoms with E-state index in [-0.39, 0.29) is 17.7 Å². The molecule has 4 aliphatic carbocycles. The second-order valence-corrected chi connectivity index (χ2v) is 11.5. The van der Waals surface area contributed by atoms with Gasteiger partial charge in [-0.05, 0) is 62.2 Å². The Hall–Kier alpha value is -2.14. The number of nitrogens with one attached hydrogen (secondary N) is 1. The Labute approximate surface area is 186 Å². The average molecular weight is 440 g/mol. The van der Waals surface area contributed by atoms with Crippen LogP contribution < -0.4 is 5.32 Å². The smallest absolute Gasteiger partial charge is 0.231 e. The Kier molecular flexibility index (Phi) is 4.71. The second kappa shape index (κ2) is 7.47. The third kappa shape index (κ3) is 3.42. The number of rotatable bonds is 3. The first-order chi connectivity index (χ1) is 15.1. The molecule has 7 rings (SSSR count). The number of aromatic nitrogens is 1. The minimum atomic E-state index is -0.157. The van der Waals surface area contributed by atoms with Crippen molar-refractivity contribution >= 4 is 28.3 Å². The van der Waals surface area contributed by atoms with Gasteiger partial charge >= 0.3 is 0 Å². The molecule has 7 nitrogen and oxygen atoms in total. The van der Waals surface area contributed by atoms with Crippen LogP contribution in [0, 0.1) is 47.0 Å². The average Bonchev–Trinajstić information content (AvgIpc) is 3.38. The predicted octanol–water partition coefficient (Wildman–Crippen LogP) is 2.84. The molecule has 0 aromatic carbocycles. The summed E-state index contributed by atoms with van der Waals surface area (Å²) < 4.78 is 0. The number of nitrogens with zero attached hydrogens (tertiary/aromatic N) is 4. The van der Waals surface area contributed by atoms with Gasteiger partial charge in [-0.2, -0.15) is 5.26 Å². The Morgan fingerprint density at radius 2 is 1.84 bits per heavy atom. The first-order valence-electron chi connectivity index (χ1n) is 11.8. The first-order valence-corrected chi connectivity index (χ1v) is 12.6. The van der Waals surface area contributed by atoms with E-state index in [1.807, 2.05) is 0 Å². The number of carbonyl (C=O) groups excluding carboxylic acids is 2. The fourth-order valence-electron chi connectivity index (χ4n) is 7.25. The van der Waals surface area contributed by atoms with Gasteiger partial charge in [-0.3, -0.25) is 9.59 Å². The third-order valence-corrected chi connectivity index (χ3v) is 9.48. The lowest BCUT2D eigenvalue weighted by atomic mass is 9.51. The Bertz CT molecular complexity index is 924. The van der Waals surface area contributed by atoms with E-state index >= 15 is 0 Å². The molecule has 0 unspecified atom stereocenters. The number of hydrogen-bond acceptors (Lipinski definition) is 6. The summed E-state index contributed by atoms with van der Waals surface area (Å²) in [6.45, 7) is 2.51. The zero-order valence-electron chi connectivity index (χ0n) is 17.8. The van der Waals surface area contributed by atoms with E-state index in [4.69, 9.17) is 5.26 Å². The minimum absolute atomic E-state index is 0.0506. The van der Waals surface area contributed by atoms with Crippen molar-refractivity contribution in [3.8, 4) is 6.19 Å². The molecule has 4 saturated carbocycles. The van der Waals surface area contributed by atoms with Crippen molar-refractivity contribution in [1.29, 1.82) is 5.26 Å². The quantitative estimate of drug-likeness (QED) is 0.732. The SMILES string of the molecule is N#CN1CC[C@H](C(=O)Nc2nc3c(s2)CN(C(=O)C2C4CC5CC(C4)CC2C5)CC3)C1. The summed E-state index contributed by atoms with van der Waals surface area (Å²) in [6, 6.07) is 0. The Morgan fingerprint density at radius 1 is 1.10 bits per heavy atom. The standard InChI is InChI=1S/C23H29N5O2S/c24-12-27-3-1-15(10-27)21(29)26-23-25-18-2-4-28(11-19(18)31-23)22(30)20-16-6-13-5-14(8-16)9-17(20)7-13/h13-17,20H,1-11H2,(H,25,26,29)/t13?,14?,15-,16?,17?,20?/m0/s1. The molecular weight excluding hydrogens is 410 g/mol. The molecule has 2 amide bonds. The number of amides is 2. The van der Waals surface area contributed by atoms with Gasteiger partial charge in [0.1, 0.15) is 0 Å². The zero-order chi connectivity index (χ0) is 21.1. The van der Waals surface area contributed by atoms with Crippen LogP contribution in [0.4, 0.5) is 5.13 Å². The zero-order valence-corrected chi connectivity index (χ0v) is 18.6. The van der Waals surface area contributed by atoms with Gasteiger partial charge in [0.2, 0.25) is 11.8 Å². The lowest BCUT2D eigenvalue weighted by Gasteiger charge is -2.54. The van der Waals surface area contributed by atoms with Crippen LogP contribution in [-0.4, -0.2) is 46.2 Å². The van der Waals surface area contributed by atoms with Crippen LogP contribution in [0.2, 0.25) is 0 Å². The van der Waals surface area contributed by atoms with E-state index in [1.165, 1.54) is 43.4 Å². The fraction of sp³-hybridized carbons (Fsp3) is 0.739. The van der Waals surface area contributed by atoms with E-state index < -0.39 is 0 Å². The van der Waals surface area contributed by atoms with Gasteiger partial charge in [0.05, 0.1) is 18.2 Å². The van der Waals surface area contributed by atoms with Gasteiger partial charge < -0.3 is 15.1 Å². The van der Waals surface area contributed by atoms with Crippen molar-refractivity contribution in [2.45, 2.75) is 51.5 Å². The fourth-order valence-corrected chi connectivity index (χ4v) is 8.28. The van der Waals surface area contributed by atoms with Crippen molar-refractivity contribution in [3.05, 3.63) is 10.6 Å². The van der Waals surface area contributed by atoms with Crippen molar-refractivity contribution in [2.75, 3.05) is 25.0 Å². The van der Waals surface area contributed by atoms with Crippen LogP contribution in [-0.2, 0) is 22.6 Å². The highest BCUT2D eigenvalue weighted by atomic mass is 32.1. The van der Waals surface area contributed by atoms with Crippen LogP contribution >= 0.6 is 11.3 Å². The van der Waals surface area contributed by atoms with Gasteiger partial charge in [-0.25, -0.2) is 4.98 Å². The van der Waals surface area contributed by atoms with Gasteiger partial charge in [-0.15, -0.1) is 0 Å². The second-order valence-electron chi connectivity index (χ2n) is 10.4. The molecule has 164 valence electrons. The summed E-state index contributed by atoms with van der Waals surface area (Å²) in [7, 11) is 0. The summed E-state index contributed by atoms with van der Waals surface area (Å²) in [5, 5.41) is 12.6. The van der Waals surface area contributed by atoms with E-state index in [0.29, 0.717) is 48.9 Å². The van der Waals surface area contributed by atoms with E-state index in [9.17, 15) is 9.59 Å². The number of fused-ring (bicyclic) bond motifs is 1. The first kappa shape index (κ1) is 19.5. The van der Waals surface area contributed by atoms with Crippen LogP contribution in [0.15, 0.2) is 0 Å². The molecule has 31 heavy (non-hydrogen) atoms. The number of nitriles is 1. The summed E-state index contributed by atoms with van der Waals surface area (Å²) in [6.07, 6.45) is 10.1. The molecule has 2 aliphatic heterocycles. The summed E-state index contributed by atoms with van der Waals surface area (Å²) in [5.41, 5.74) is 1.03. The largest absolute Gasteiger partial charge is 0.337 e. The van der Waals surface area contributed by atoms with Gasteiger partial charge in [-0.1, -0.05) is 11.3 Å². The number of carbonyl (C=O) groups is 2. The number of anilines is 1. The molecular formula is C23H29N5O2S. The Balaban J connectivity index is 1.11. The monoisotopic (exact) mass is 439 g/mol. The molecule has 1 aromatic heterocycles. The van der Waals surface area contributed by atoms with Crippen LogP contribution in [0.5, 0.6) is 0 Å². The highest BCUT2D eigenvalue weighted by Crippen LogP contribution is 2.57. The maximum atomic E-state index is 13.5. The van der Waals surface area contributed by atoms with Gasteiger partial charge in [0.25, 0.3) is 0 Å². The maximum absolute atomic E-state index is 13.5. The molecule has 0 radical (unpaired) electrons. The summed E-state index contributed by atoms with van der Waals surface area (Å²) in [4.78, 5) is 35.6. The van der Waals surface area contributed by atoms with Crippen molar-refractivity contribution < 1.29 is 9.59 Å². The molecule has 4 bridgehead atoms. The van der Waals surface area contributed by atoms with E-state index in [0.717, 1.165) is 35.4 Å². The topological polar surface area (TPSA) is 89.3 Å². The molecule has 5 fully saturated rings. The van der Waals surface area contributed by atoms with E-state index in [2.05, 4.69) is 21.4 Å². The molecule has 1 atom stereocenters. The molecule has 3 heterocycles. The Morgan fingerprint density at radius 3 is 2.52 bits per heavy atom. The van der Waals surface area contributed by atoms with Crippen molar-refractivity contribution in [2.24, 2.45) is 35.5 Å².